The normalized spacial score (nSPS) is 12.6. The Morgan fingerprint density at radius 3 is 2.95 bits per heavy atom. The summed E-state index contributed by atoms with van der Waals surface area (Å²) in [5, 5.41) is 11.9. The van der Waals surface area contributed by atoms with Crippen LogP contribution in [0, 0.1) is 0 Å². The van der Waals surface area contributed by atoms with E-state index in [0.29, 0.717) is 18.1 Å². The zero-order chi connectivity index (χ0) is 13.8. The van der Waals surface area contributed by atoms with Gasteiger partial charge < -0.3 is 10.5 Å². The van der Waals surface area contributed by atoms with Crippen molar-refractivity contribution < 1.29 is 4.74 Å². The highest BCUT2D eigenvalue weighted by Crippen LogP contribution is 2.27. The van der Waals surface area contributed by atoms with Crippen molar-refractivity contribution >= 4 is 21.6 Å². The fourth-order valence-electron chi connectivity index (χ4n) is 1.77. The van der Waals surface area contributed by atoms with Gasteiger partial charge in [0.1, 0.15) is 0 Å². The fraction of sp³-hybridized carbons (Fsp3) is 0.417. The Bertz CT molecular complexity index is 557. The molecule has 0 aliphatic carbocycles. The van der Waals surface area contributed by atoms with Crippen molar-refractivity contribution in [1.82, 2.24) is 20.2 Å². The molecule has 0 aliphatic heterocycles. The summed E-state index contributed by atoms with van der Waals surface area (Å²) in [6, 6.07) is 5.85. The lowest BCUT2D eigenvalue weighted by molar-refractivity contribution is 0.178. The zero-order valence-electron chi connectivity index (χ0n) is 10.9. The highest BCUT2D eigenvalue weighted by atomic mass is 79.9. The molecule has 1 unspecified atom stereocenters. The molecule has 1 aromatic carbocycles. The molecule has 2 aromatic rings. The maximum Gasteiger partial charge on any atom is 0.182 e. The van der Waals surface area contributed by atoms with E-state index in [2.05, 4.69) is 38.4 Å². The number of methoxy groups -OCH3 is 1. The second-order valence-corrected chi connectivity index (χ2v) is 5.17. The van der Waals surface area contributed by atoms with Crippen molar-refractivity contribution in [2.75, 3.05) is 19.5 Å². The smallest absolute Gasteiger partial charge is 0.182 e. The Kier molecular flexibility index (Phi) is 4.49. The Morgan fingerprint density at radius 1 is 1.47 bits per heavy atom. The van der Waals surface area contributed by atoms with Crippen molar-refractivity contribution in [3.63, 3.8) is 0 Å². The van der Waals surface area contributed by atoms with Crippen LogP contribution in [0.4, 0.5) is 5.69 Å². The van der Waals surface area contributed by atoms with Crippen molar-refractivity contribution in [3.8, 4) is 11.4 Å². The lowest BCUT2D eigenvalue weighted by atomic mass is 10.1. The predicted molar refractivity (Wildman–Crippen MR) is 76.6 cm³/mol. The highest BCUT2D eigenvalue weighted by molar-refractivity contribution is 9.10. The van der Waals surface area contributed by atoms with Crippen molar-refractivity contribution in [3.05, 3.63) is 22.7 Å². The van der Waals surface area contributed by atoms with E-state index in [0.717, 1.165) is 16.5 Å². The third-order valence-corrected chi connectivity index (χ3v) is 3.63. The lowest BCUT2D eigenvalue weighted by Gasteiger charge is -2.13. The van der Waals surface area contributed by atoms with Crippen LogP contribution in [0.25, 0.3) is 11.4 Å². The molecule has 1 aromatic heterocycles. The molecule has 1 heterocycles. The molecule has 0 saturated heterocycles. The number of anilines is 1. The summed E-state index contributed by atoms with van der Waals surface area (Å²) in [6.45, 7) is 2.73. The quantitative estimate of drug-likeness (QED) is 0.853. The number of tetrazole rings is 1. The minimum absolute atomic E-state index is 0.162. The Morgan fingerprint density at radius 2 is 2.26 bits per heavy atom. The molecule has 0 aliphatic rings. The van der Waals surface area contributed by atoms with E-state index in [1.54, 1.807) is 11.8 Å². The summed E-state index contributed by atoms with van der Waals surface area (Å²) in [5.41, 5.74) is 7.45. The van der Waals surface area contributed by atoms with E-state index in [9.17, 15) is 0 Å². The number of hydrogen-bond acceptors (Lipinski definition) is 5. The van der Waals surface area contributed by atoms with Crippen LogP contribution >= 0.6 is 15.9 Å². The van der Waals surface area contributed by atoms with Gasteiger partial charge in [0.05, 0.1) is 6.04 Å². The van der Waals surface area contributed by atoms with Gasteiger partial charge in [-0.1, -0.05) is 0 Å². The molecule has 0 spiro atoms. The zero-order valence-corrected chi connectivity index (χ0v) is 12.5. The first-order valence-corrected chi connectivity index (χ1v) is 6.75. The first-order valence-electron chi connectivity index (χ1n) is 5.95. The monoisotopic (exact) mass is 325 g/mol. The average Bonchev–Trinajstić information content (AvgIpc) is 2.88. The number of nitrogens with zero attached hydrogens (tertiary/aromatic N) is 4. The maximum atomic E-state index is 5.89. The highest BCUT2D eigenvalue weighted by Gasteiger charge is 2.15. The Labute approximate surface area is 120 Å². The van der Waals surface area contributed by atoms with Crippen LogP contribution in [0.1, 0.15) is 19.4 Å². The SMILES string of the molecule is COCCC(C)n1nnnc1-c1ccc(Br)c(N)c1. The molecular formula is C12H16BrN5O. The number of hydrogen-bond donors (Lipinski definition) is 1. The molecule has 7 heteroatoms. The van der Waals surface area contributed by atoms with E-state index in [-0.39, 0.29) is 6.04 Å². The van der Waals surface area contributed by atoms with Gasteiger partial charge >= 0.3 is 0 Å². The molecule has 19 heavy (non-hydrogen) atoms. The second kappa shape index (κ2) is 6.12. The molecule has 0 amide bonds. The van der Waals surface area contributed by atoms with Gasteiger partial charge in [-0.15, -0.1) is 5.10 Å². The van der Waals surface area contributed by atoms with Crippen LogP contribution in [0.15, 0.2) is 22.7 Å². The summed E-state index contributed by atoms with van der Waals surface area (Å²) in [6.07, 6.45) is 0.848. The summed E-state index contributed by atoms with van der Waals surface area (Å²) in [7, 11) is 1.68. The molecule has 0 bridgehead atoms. The maximum absolute atomic E-state index is 5.89. The summed E-state index contributed by atoms with van der Waals surface area (Å²) in [4.78, 5) is 0. The largest absolute Gasteiger partial charge is 0.398 e. The van der Waals surface area contributed by atoms with Gasteiger partial charge in [-0.3, -0.25) is 0 Å². The first-order chi connectivity index (χ1) is 9.13. The predicted octanol–water partition coefficient (Wildman–Crippen LogP) is 2.28. The van der Waals surface area contributed by atoms with Crippen molar-refractivity contribution in [2.24, 2.45) is 0 Å². The van der Waals surface area contributed by atoms with Gasteiger partial charge in [0.25, 0.3) is 0 Å². The van der Waals surface area contributed by atoms with Crippen LogP contribution in [-0.2, 0) is 4.74 Å². The van der Waals surface area contributed by atoms with Gasteiger partial charge in [-0.2, -0.15) is 0 Å². The van der Waals surface area contributed by atoms with Crippen LogP contribution in [0.3, 0.4) is 0 Å². The number of aromatic nitrogens is 4. The van der Waals surface area contributed by atoms with Crippen molar-refractivity contribution in [1.29, 1.82) is 0 Å². The van der Waals surface area contributed by atoms with E-state index < -0.39 is 0 Å². The molecule has 0 saturated carbocycles. The van der Waals surface area contributed by atoms with Crippen LogP contribution in [0.2, 0.25) is 0 Å². The fourth-order valence-corrected chi connectivity index (χ4v) is 2.02. The Balaban J connectivity index is 2.30. The summed E-state index contributed by atoms with van der Waals surface area (Å²) in [5.74, 6) is 0.711. The van der Waals surface area contributed by atoms with Crippen molar-refractivity contribution in [2.45, 2.75) is 19.4 Å². The standard InChI is InChI=1S/C12H16BrN5O/c1-8(5-6-19-2)18-12(15-16-17-18)9-3-4-10(13)11(14)7-9/h3-4,7-8H,5-6,14H2,1-2H3. The minimum atomic E-state index is 0.162. The lowest BCUT2D eigenvalue weighted by Crippen LogP contribution is -2.11. The molecule has 6 nitrogen and oxygen atoms in total. The number of ether oxygens (including phenoxy) is 1. The number of benzene rings is 1. The van der Waals surface area contributed by atoms with Crippen LogP contribution in [0.5, 0.6) is 0 Å². The van der Waals surface area contributed by atoms with E-state index in [1.165, 1.54) is 0 Å². The molecule has 0 radical (unpaired) electrons. The first kappa shape index (κ1) is 14.0. The molecule has 2 N–H and O–H groups in total. The molecule has 2 rings (SSSR count). The Hall–Kier alpha value is -1.47. The van der Waals surface area contributed by atoms with E-state index in [4.69, 9.17) is 10.5 Å². The number of nitrogen functional groups attached to an aromatic ring is 1. The third-order valence-electron chi connectivity index (χ3n) is 2.90. The van der Waals surface area contributed by atoms with Crippen LogP contribution in [-0.4, -0.2) is 33.9 Å². The van der Waals surface area contributed by atoms with Crippen LogP contribution < -0.4 is 5.73 Å². The van der Waals surface area contributed by atoms with E-state index in [1.807, 2.05) is 18.2 Å². The van der Waals surface area contributed by atoms with Gasteiger partial charge in [-0.25, -0.2) is 4.68 Å². The van der Waals surface area contributed by atoms with Gasteiger partial charge in [0.15, 0.2) is 5.82 Å². The number of nitrogens with two attached hydrogens (primary N) is 1. The molecule has 102 valence electrons. The summed E-state index contributed by atoms with van der Waals surface area (Å²) < 4.78 is 7.74. The molecular weight excluding hydrogens is 310 g/mol. The van der Waals surface area contributed by atoms with Gasteiger partial charge in [0.2, 0.25) is 0 Å². The van der Waals surface area contributed by atoms with Gasteiger partial charge in [0, 0.05) is 29.4 Å². The molecule has 0 fully saturated rings. The van der Waals surface area contributed by atoms with Gasteiger partial charge in [-0.05, 0) is 57.9 Å². The average molecular weight is 326 g/mol. The second-order valence-electron chi connectivity index (χ2n) is 4.31. The van der Waals surface area contributed by atoms with E-state index >= 15 is 0 Å². The third kappa shape index (κ3) is 3.10. The topological polar surface area (TPSA) is 78.8 Å². The minimum Gasteiger partial charge on any atom is -0.398 e. The molecule has 1 atom stereocenters. The number of halogens is 1. The number of rotatable bonds is 5. The summed E-state index contributed by atoms with van der Waals surface area (Å²) >= 11 is 3.37.